The first-order valence-electron chi connectivity index (χ1n) is 7.76. The first kappa shape index (κ1) is 14.1. The van der Waals surface area contributed by atoms with Crippen LogP contribution in [0, 0.1) is 0 Å². The Kier molecular flexibility index (Phi) is 3.63. The molecule has 1 aliphatic carbocycles. The van der Waals surface area contributed by atoms with Crippen molar-refractivity contribution in [2.45, 2.75) is 32.4 Å². The fourth-order valence-electron chi connectivity index (χ4n) is 2.98. The Morgan fingerprint density at radius 3 is 3.09 bits per heavy atom. The van der Waals surface area contributed by atoms with Crippen LogP contribution in [0.25, 0.3) is 11.5 Å². The summed E-state index contributed by atoms with van der Waals surface area (Å²) in [4.78, 5) is 6.20. The third-order valence-electron chi connectivity index (χ3n) is 4.09. The van der Waals surface area contributed by atoms with E-state index in [1.807, 2.05) is 19.2 Å². The lowest BCUT2D eigenvalue weighted by Crippen LogP contribution is -2.18. The molecule has 7 heteroatoms. The number of aromatic amines is 1. The minimum atomic E-state index is 0.502. The van der Waals surface area contributed by atoms with Crippen LogP contribution in [0.1, 0.15) is 29.3 Å². The molecule has 3 heterocycles. The highest BCUT2D eigenvalue weighted by atomic mass is 16.4. The van der Waals surface area contributed by atoms with Crippen LogP contribution < -0.4 is 0 Å². The van der Waals surface area contributed by atoms with Crippen LogP contribution >= 0.6 is 0 Å². The molecule has 7 nitrogen and oxygen atoms in total. The third kappa shape index (κ3) is 2.87. The molecule has 0 saturated heterocycles. The van der Waals surface area contributed by atoms with Gasteiger partial charge >= 0.3 is 0 Å². The maximum atomic E-state index is 5.72. The predicted molar refractivity (Wildman–Crippen MR) is 83.3 cm³/mol. The van der Waals surface area contributed by atoms with Crippen molar-refractivity contribution in [3.63, 3.8) is 0 Å². The minimum absolute atomic E-state index is 0.502. The Bertz CT molecular complexity index is 794. The summed E-state index contributed by atoms with van der Waals surface area (Å²) in [5, 5.41) is 15.8. The van der Waals surface area contributed by atoms with Crippen molar-refractivity contribution >= 4 is 0 Å². The number of nitrogens with one attached hydrogen (secondary N) is 1. The minimum Gasteiger partial charge on any atom is -0.419 e. The van der Waals surface area contributed by atoms with Crippen LogP contribution in [0.2, 0.25) is 0 Å². The zero-order valence-corrected chi connectivity index (χ0v) is 13.0. The lowest BCUT2D eigenvalue weighted by Gasteiger charge is -2.13. The molecule has 4 rings (SSSR count). The number of pyridine rings is 1. The largest absolute Gasteiger partial charge is 0.419 e. The van der Waals surface area contributed by atoms with Crippen LogP contribution in [-0.2, 0) is 25.9 Å². The SMILES string of the molecule is CN(Cc1nnc(-c2cccnc2)o1)Cc1n[nH]c2c1CCC2. The van der Waals surface area contributed by atoms with Crippen molar-refractivity contribution in [1.29, 1.82) is 0 Å². The normalized spacial score (nSPS) is 13.7. The van der Waals surface area contributed by atoms with Gasteiger partial charge in [-0.05, 0) is 44.0 Å². The van der Waals surface area contributed by atoms with Gasteiger partial charge in [-0.1, -0.05) is 0 Å². The van der Waals surface area contributed by atoms with Gasteiger partial charge in [0, 0.05) is 24.6 Å². The molecule has 0 atom stereocenters. The van der Waals surface area contributed by atoms with Crippen molar-refractivity contribution in [3.8, 4) is 11.5 Å². The summed E-state index contributed by atoms with van der Waals surface area (Å²) in [6.07, 6.45) is 6.90. The second-order valence-corrected chi connectivity index (χ2v) is 5.90. The summed E-state index contributed by atoms with van der Waals surface area (Å²) in [5.41, 5.74) is 4.65. The summed E-state index contributed by atoms with van der Waals surface area (Å²) in [5.74, 6) is 1.10. The molecule has 0 fully saturated rings. The predicted octanol–water partition coefficient (Wildman–Crippen LogP) is 1.98. The number of rotatable bonds is 5. The molecule has 1 aliphatic rings. The van der Waals surface area contributed by atoms with E-state index in [4.69, 9.17) is 4.42 Å². The van der Waals surface area contributed by atoms with E-state index in [9.17, 15) is 0 Å². The number of hydrogen-bond donors (Lipinski definition) is 1. The van der Waals surface area contributed by atoms with E-state index in [2.05, 4.69) is 30.3 Å². The average Bonchev–Trinajstić information content (AvgIpc) is 3.27. The maximum absolute atomic E-state index is 5.72. The Balaban J connectivity index is 1.43. The first-order valence-corrected chi connectivity index (χ1v) is 7.76. The average molecular weight is 310 g/mol. The topological polar surface area (TPSA) is 83.7 Å². The summed E-state index contributed by atoms with van der Waals surface area (Å²) < 4.78 is 5.72. The number of H-pyrrole nitrogens is 1. The Hall–Kier alpha value is -2.54. The molecule has 3 aromatic heterocycles. The van der Waals surface area contributed by atoms with E-state index >= 15 is 0 Å². The highest BCUT2D eigenvalue weighted by Gasteiger charge is 2.19. The molecule has 118 valence electrons. The number of nitrogens with zero attached hydrogens (tertiary/aromatic N) is 5. The summed E-state index contributed by atoms with van der Waals surface area (Å²) >= 11 is 0. The van der Waals surface area contributed by atoms with Crippen LogP contribution in [0.3, 0.4) is 0 Å². The molecule has 23 heavy (non-hydrogen) atoms. The van der Waals surface area contributed by atoms with E-state index in [0.29, 0.717) is 18.3 Å². The van der Waals surface area contributed by atoms with Gasteiger partial charge < -0.3 is 4.42 Å². The van der Waals surface area contributed by atoms with Crippen LogP contribution in [0.5, 0.6) is 0 Å². The lowest BCUT2D eigenvalue weighted by molar-refractivity contribution is 0.279. The second-order valence-electron chi connectivity index (χ2n) is 5.90. The number of hydrogen-bond acceptors (Lipinski definition) is 6. The van der Waals surface area contributed by atoms with Gasteiger partial charge in [-0.25, -0.2) is 0 Å². The molecular weight excluding hydrogens is 292 g/mol. The van der Waals surface area contributed by atoms with Gasteiger partial charge in [0.25, 0.3) is 0 Å². The molecular formula is C16H18N6O. The number of fused-ring (bicyclic) bond motifs is 1. The molecule has 0 amide bonds. The van der Waals surface area contributed by atoms with E-state index in [1.165, 1.54) is 17.7 Å². The Morgan fingerprint density at radius 1 is 1.26 bits per heavy atom. The number of aryl methyl sites for hydroxylation is 1. The molecule has 1 N–H and O–H groups in total. The molecule has 0 spiro atoms. The molecule has 0 aliphatic heterocycles. The standard InChI is InChI=1S/C16H18N6O/c1-22(9-14-12-5-2-6-13(12)18-19-14)10-15-20-21-16(23-15)11-4-3-7-17-8-11/h3-4,7-8H,2,5-6,9-10H2,1H3,(H,18,19). The molecule has 0 radical (unpaired) electrons. The molecule has 0 aromatic carbocycles. The molecule has 0 saturated carbocycles. The smallest absolute Gasteiger partial charge is 0.249 e. The highest BCUT2D eigenvalue weighted by molar-refractivity contribution is 5.49. The van der Waals surface area contributed by atoms with Gasteiger partial charge in [0.1, 0.15) is 0 Å². The first-order chi connectivity index (χ1) is 11.3. The van der Waals surface area contributed by atoms with Crippen molar-refractivity contribution in [2.75, 3.05) is 7.05 Å². The van der Waals surface area contributed by atoms with Gasteiger partial charge in [-0.3, -0.25) is 15.0 Å². The van der Waals surface area contributed by atoms with E-state index < -0.39 is 0 Å². The van der Waals surface area contributed by atoms with Crippen molar-refractivity contribution in [3.05, 3.63) is 47.4 Å². The highest BCUT2D eigenvalue weighted by Crippen LogP contribution is 2.24. The van der Waals surface area contributed by atoms with Gasteiger partial charge in [0.15, 0.2) is 0 Å². The second kappa shape index (κ2) is 5.92. The van der Waals surface area contributed by atoms with Gasteiger partial charge in [-0.15, -0.1) is 10.2 Å². The monoisotopic (exact) mass is 310 g/mol. The fraction of sp³-hybridized carbons (Fsp3) is 0.375. The third-order valence-corrected chi connectivity index (χ3v) is 4.09. The van der Waals surface area contributed by atoms with Gasteiger partial charge in [0.2, 0.25) is 11.8 Å². The van der Waals surface area contributed by atoms with E-state index in [1.54, 1.807) is 12.4 Å². The lowest BCUT2D eigenvalue weighted by atomic mass is 10.2. The zero-order valence-electron chi connectivity index (χ0n) is 13.0. The Morgan fingerprint density at radius 2 is 2.22 bits per heavy atom. The zero-order chi connectivity index (χ0) is 15.6. The van der Waals surface area contributed by atoms with Crippen LogP contribution in [0.15, 0.2) is 28.9 Å². The summed E-state index contributed by atoms with van der Waals surface area (Å²) in [7, 11) is 2.03. The van der Waals surface area contributed by atoms with Crippen molar-refractivity contribution in [1.82, 2.24) is 30.3 Å². The van der Waals surface area contributed by atoms with Crippen LogP contribution in [-0.4, -0.2) is 37.3 Å². The van der Waals surface area contributed by atoms with E-state index in [-0.39, 0.29) is 0 Å². The molecule has 0 unspecified atom stereocenters. The molecule has 3 aromatic rings. The quantitative estimate of drug-likeness (QED) is 0.775. The summed E-state index contributed by atoms with van der Waals surface area (Å²) in [6.45, 7) is 1.37. The van der Waals surface area contributed by atoms with E-state index in [0.717, 1.165) is 30.6 Å². The van der Waals surface area contributed by atoms with Gasteiger partial charge in [0.05, 0.1) is 17.8 Å². The van der Waals surface area contributed by atoms with Crippen molar-refractivity contribution < 1.29 is 4.42 Å². The Labute approximate surface area is 133 Å². The summed E-state index contributed by atoms with van der Waals surface area (Å²) in [6, 6.07) is 3.75. The fourth-order valence-corrected chi connectivity index (χ4v) is 2.98. The van der Waals surface area contributed by atoms with Crippen molar-refractivity contribution in [2.24, 2.45) is 0 Å². The number of aromatic nitrogens is 5. The maximum Gasteiger partial charge on any atom is 0.249 e. The van der Waals surface area contributed by atoms with Gasteiger partial charge in [-0.2, -0.15) is 5.10 Å². The van der Waals surface area contributed by atoms with Crippen LogP contribution in [0.4, 0.5) is 0 Å². The molecule has 0 bridgehead atoms.